The van der Waals surface area contributed by atoms with Crippen molar-refractivity contribution >= 4 is 11.8 Å². The van der Waals surface area contributed by atoms with E-state index in [-0.39, 0.29) is 24.2 Å². The topological polar surface area (TPSA) is 132 Å². The predicted molar refractivity (Wildman–Crippen MR) is 138 cm³/mol. The van der Waals surface area contributed by atoms with Gasteiger partial charge in [-0.3, -0.25) is 14.5 Å². The first kappa shape index (κ1) is 27.5. The highest BCUT2D eigenvalue weighted by Crippen LogP contribution is 2.26. The van der Waals surface area contributed by atoms with Gasteiger partial charge in [0.25, 0.3) is 5.91 Å². The number of carbonyl (C=O) groups excluding carboxylic acids is 2. The summed E-state index contributed by atoms with van der Waals surface area (Å²) >= 11 is 0. The Bertz CT molecular complexity index is 1220. The molecule has 4 rings (SSSR count). The lowest BCUT2D eigenvalue weighted by Gasteiger charge is -2.33. The van der Waals surface area contributed by atoms with Gasteiger partial charge in [0.05, 0.1) is 13.2 Å². The Morgan fingerprint density at radius 1 is 1.08 bits per heavy atom. The molecule has 0 saturated carbocycles. The summed E-state index contributed by atoms with van der Waals surface area (Å²) in [7, 11) is 0. The largest absolute Gasteiger partial charge is 0.464 e. The highest BCUT2D eigenvalue weighted by atomic mass is 16.5. The first-order valence-electron chi connectivity index (χ1n) is 12.9. The molecular weight excluding hydrogens is 490 g/mol. The Kier molecular flexibility index (Phi) is 8.62. The van der Waals surface area contributed by atoms with Gasteiger partial charge in [0.2, 0.25) is 11.7 Å². The van der Waals surface area contributed by atoms with E-state index in [0.29, 0.717) is 43.5 Å². The number of tetrazole rings is 1. The van der Waals surface area contributed by atoms with Crippen molar-refractivity contribution in [1.82, 2.24) is 35.3 Å². The molecule has 0 bridgehead atoms. The fraction of sp³-hybridized carbons (Fsp3) is 0.577. The third-order valence-corrected chi connectivity index (χ3v) is 6.08. The van der Waals surface area contributed by atoms with Crippen molar-refractivity contribution in [3.63, 3.8) is 0 Å². The molecule has 0 aromatic carbocycles. The third-order valence-electron chi connectivity index (χ3n) is 6.08. The van der Waals surface area contributed by atoms with Gasteiger partial charge in [-0.1, -0.05) is 0 Å². The Morgan fingerprint density at radius 3 is 2.42 bits per heavy atom. The van der Waals surface area contributed by atoms with Crippen LogP contribution in [0.3, 0.4) is 0 Å². The van der Waals surface area contributed by atoms with E-state index in [4.69, 9.17) is 13.6 Å². The zero-order valence-electron chi connectivity index (χ0n) is 22.8. The van der Waals surface area contributed by atoms with Gasteiger partial charge < -0.3 is 23.8 Å². The minimum atomic E-state index is -0.948. The Hall–Kier alpha value is -3.51. The summed E-state index contributed by atoms with van der Waals surface area (Å²) in [5.74, 6) is 1.90. The average molecular weight is 528 g/mol. The minimum absolute atomic E-state index is 0.191. The average Bonchev–Trinajstić information content (AvgIpc) is 3.59. The van der Waals surface area contributed by atoms with Gasteiger partial charge >= 0.3 is 0 Å². The summed E-state index contributed by atoms with van der Waals surface area (Å²) in [5, 5.41) is 15.4. The number of carbonyl (C=O) groups is 2. The highest BCUT2D eigenvalue weighted by Gasteiger charge is 2.35. The van der Waals surface area contributed by atoms with Gasteiger partial charge in [0.15, 0.2) is 11.8 Å². The Labute approximate surface area is 222 Å². The third kappa shape index (κ3) is 7.29. The van der Waals surface area contributed by atoms with Gasteiger partial charge in [-0.05, 0) is 70.5 Å². The van der Waals surface area contributed by atoms with E-state index in [2.05, 4.69) is 25.6 Å². The van der Waals surface area contributed by atoms with Crippen LogP contribution in [0.5, 0.6) is 0 Å². The number of aryl methyl sites for hydroxylation is 2. The second kappa shape index (κ2) is 11.9. The van der Waals surface area contributed by atoms with Crippen LogP contribution in [0.25, 0.3) is 11.6 Å². The van der Waals surface area contributed by atoms with Gasteiger partial charge in [-0.15, -0.1) is 10.2 Å². The van der Waals surface area contributed by atoms with Crippen molar-refractivity contribution < 1.29 is 23.2 Å². The smallest absolute Gasteiger partial charge is 0.251 e. The van der Waals surface area contributed by atoms with Crippen LogP contribution in [0.4, 0.5) is 0 Å². The normalized spacial score (nSPS) is 15.4. The van der Waals surface area contributed by atoms with Crippen molar-refractivity contribution in [3.8, 4) is 11.6 Å². The summed E-state index contributed by atoms with van der Waals surface area (Å²) in [6, 6.07) is 6.15. The lowest BCUT2D eigenvalue weighted by atomic mass is 10.1. The van der Waals surface area contributed by atoms with Crippen LogP contribution in [0.2, 0.25) is 0 Å². The van der Waals surface area contributed by atoms with Crippen molar-refractivity contribution in [3.05, 3.63) is 41.5 Å². The van der Waals surface area contributed by atoms with Crippen molar-refractivity contribution in [2.75, 3.05) is 39.4 Å². The molecule has 12 heteroatoms. The summed E-state index contributed by atoms with van der Waals surface area (Å²) in [5.41, 5.74) is -0.497. The van der Waals surface area contributed by atoms with E-state index in [1.165, 1.54) is 4.80 Å². The fourth-order valence-corrected chi connectivity index (χ4v) is 4.33. The molecule has 1 atom stereocenters. The second-order valence-corrected chi connectivity index (χ2v) is 10.5. The van der Waals surface area contributed by atoms with Crippen molar-refractivity contribution in [1.29, 1.82) is 0 Å². The van der Waals surface area contributed by atoms with E-state index in [0.717, 1.165) is 25.4 Å². The predicted octanol–water partition coefficient (Wildman–Crippen LogP) is 2.35. The number of furan rings is 2. The molecule has 38 heavy (non-hydrogen) atoms. The number of hydrogen-bond donors (Lipinski definition) is 1. The van der Waals surface area contributed by atoms with E-state index in [9.17, 15) is 9.59 Å². The lowest BCUT2D eigenvalue weighted by molar-refractivity contribution is -0.143. The van der Waals surface area contributed by atoms with E-state index < -0.39 is 11.6 Å². The van der Waals surface area contributed by atoms with E-state index in [1.54, 1.807) is 29.2 Å². The summed E-state index contributed by atoms with van der Waals surface area (Å²) < 4.78 is 16.9. The number of ether oxygens (including phenoxy) is 1. The van der Waals surface area contributed by atoms with Crippen molar-refractivity contribution in [2.24, 2.45) is 0 Å². The maximum Gasteiger partial charge on any atom is 0.251 e. The number of amides is 2. The Morgan fingerprint density at radius 2 is 1.79 bits per heavy atom. The quantitative estimate of drug-likeness (QED) is 0.422. The van der Waals surface area contributed by atoms with Crippen molar-refractivity contribution in [2.45, 2.75) is 59.2 Å². The standard InChI is InChI=1S/C26H37N7O5/c1-18-7-9-20(37-18)23(25(35)27-26(3,4)5)32(12-6-11-31-13-15-36-16-14-31)22(34)17-33-29-24(28-30-33)21-10-8-19(2)38-21/h7-10,23H,6,11-17H2,1-5H3,(H,27,35)/t23-/m1/s1. The van der Waals surface area contributed by atoms with Gasteiger partial charge in [-0.25, -0.2) is 0 Å². The van der Waals surface area contributed by atoms with Gasteiger partial charge in [0.1, 0.15) is 23.8 Å². The molecule has 0 spiro atoms. The molecule has 3 aromatic rings. The van der Waals surface area contributed by atoms with Gasteiger partial charge in [-0.2, -0.15) is 4.80 Å². The molecule has 4 heterocycles. The van der Waals surface area contributed by atoms with Crippen LogP contribution >= 0.6 is 0 Å². The number of nitrogens with one attached hydrogen (secondary N) is 1. The lowest BCUT2D eigenvalue weighted by Crippen LogP contribution is -2.50. The highest BCUT2D eigenvalue weighted by molar-refractivity contribution is 5.88. The molecule has 1 saturated heterocycles. The molecule has 0 aliphatic carbocycles. The van der Waals surface area contributed by atoms with E-state index >= 15 is 0 Å². The van der Waals surface area contributed by atoms with Crippen LogP contribution in [-0.4, -0.2) is 86.8 Å². The van der Waals surface area contributed by atoms with Crippen LogP contribution < -0.4 is 5.32 Å². The molecule has 206 valence electrons. The van der Waals surface area contributed by atoms with Crippen LogP contribution in [0.15, 0.2) is 33.1 Å². The zero-order chi connectivity index (χ0) is 27.3. The van der Waals surface area contributed by atoms with Crippen LogP contribution in [0, 0.1) is 13.8 Å². The Balaban J connectivity index is 1.57. The molecule has 1 aliphatic heterocycles. The first-order valence-corrected chi connectivity index (χ1v) is 12.9. The molecule has 1 N–H and O–H groups in total. The molecule has 3 aromatic heterocycles. The molecule has 0 unspecified atom stereocenters. The number of aromatic nitrogens is 4. The molecule has 2 amide bonds. The van der Waals surface area contributed by atoms with Crippen LogP contribution in [-0.2, 0) is 20.9 Å². The summed E-state index contributed by atoms with van der Waals surface area (Å²) in [4.78, 5) is 32.4. The summed E-state index contributed by atoms with van der Waals surface area (Å²) in [6.07, 6.45) is 0.673. The maximum atomic E-state index is 13.8. The number of rotatable bonds is 10. The number of nitrogens with zero attached hydrogens (tertiary/aromatic N) is 6. The molecule has 1 fully saturated rings. The maximum absolute atomic E-state index is 13.8. The molecular formula is C26H37N7O5. The molecule has 12 nitrogen and oxygen atoms in total. The molecule has 0 radical (unpaired) electrons. The number of morpholine rings is 1. The fourth-order valence-electron chi connectivity index (χ4n) is 4.33. The molecule has 1 aliphatic rings. The SMILES string of the molecule is Cc1ccc(-c2nnn(CC(=O)N(CCCN3CCOCC3)[C@@H](C(=O)NC(C)(C)C)c3ccc(C)o3)n2)o1. The first-order chi connectivity index (χ1) is 18.1. The summed E-state index contributed by atoms with van der Waals surface area (Å²) in [6.45, 7) is 13.3. The van der Waals surface area contributed by atoms with E-state index in [1.807, 2.05) is 34.6 Å². The minimum Gasteiger partial charge on any atom is -0.464 e. The van der Waals surface area contributed by atoms with Crippen LogP contribution in [0.1, 0.15) is 50.5 Å². The monoisotopic (exact) mass is 527 g/mol. The van der Waals surface area contributed by atoms with Gasteiger partial charge in [0, 0.05) is 31.7 Å². The second-order valence-electron chi connectivity index (χ2n) is 10.5. The zero-order valence-corrected chi connectivity index (χ0v) is 22.8. The number of hydrogen-bond acceptors (Lipinski definition) is 9.